The zero-order valence-corrected chi connectivity index (χ0v) is 13.4. The van der Waals surface area contributed by atoms with Crippen molar-refractivity contribution in [3.63, 3.8) is 0 Å². The molecule has 1 aliphatic rings. The third-order valence-corrected chi connectivity index (χ3v) is 4.69. The van der Waals surface area contributed by atoms with Crippen LogP contribution in [0.3, 0.4) is 0 Å². The van der Waals surface area contributed by atoms with Gasteiger partial charge in [0.05, 0.1) is 5.54 Å². The number of carbonyl (C=O) groups excluding carboxylic acids is 1. The van der Waals surface area contributed by atoms with E-state index >= 15 is 0 Å². The molecule has 120 valence electrons. The van der Waals surface area contributed by atoms with E-state index in [1.807, 2.05) is 36.4 Å². The van der Waals surface area contributed by atoms with Crippen LogP contribution in [0.25, 0.3) is 10.8 Å². The third-order valence-electron chi connectivity index (χ3n) is 4.69. The Kier molecular flexibility index (Phi) is 3.69. The van der Waals surface area contributed by atoms with Crippen LogP contribution in [0.4, 0.5) is 0 Å². The zero-order chi connectivity index (χ0) is 16.4. The molecule has 3 aromatic rings. The average molecular weight is 317 g/mol. The maximum Gasteiger partial charge on any atom is 0.207 e. The van der Waals surface area contributed by atoms with Gasteiger partial charge in [0.15, 0.2) is 0 Å². The van der Waals surface area contributed by atoms with E-state index in [9.17, 15) is 4.79 Å². The van der Waals surface area contributed by atoms with Crippen molar-refractivity contribution in [2.75, 3.05) is 0 Å². The van der Waals surface area contributed by atoms with Crippen LogP contribution in [-0.2, 0) is 16.9 Å². The molecule has 24 heavy (non-hydrogen) atoms. The van der Waals surface area contributed by atoms with E-state index in [1.54, 1.807) is 0 Å². The highest BCUT2D eigenvalue weighted by molar-refractivity contribution is 5.82. The molecule has 1 N–H and O–H groups in total. The molecule has 0 saturated heterocycles. The second-order valence-electron chi connectivity index (χ2n) is 6.34. The van der Waals surface area contributed by atoms with Gasteiger partial charge < -0.3 is 10.1 Å². The van der Waals surface area contributed by atoms with Gasteiger partial charge in [0.1, 0.15) is 12.4 Å². The predicted octanol–water partition coefficient (Wildman–Crippen LogP) is 4.15. The first-order chi connectivity index (χ1) is 11.8. The molecule has 1 amide bonds. The van der Waals surface area contributed by atoms with E-state index in [1.165, 1.54) is 10.8 Å². The molecule has 0 unspecified atom stereocenters. The molecule has 1 saturated carbocycles. The maximum absolute atomic E-state index is 10.8. The molecule has 1 fully saturated rings. The normalized spacial score (nSPS) is 15.0. The van der Waals surface area contributed by atoms with Crippen molar-refractivity contribution in [3.05, 3.63) is 77.9 Å². The molecule has 0 aliphatic heterocycles. The standard InChI is InChI=1S/C21H19NO2/c23-15-22-21(10-11-21)19-6-3-7-20(13-19)24-14-16-8-9-17-4-1-2-5-18(17)12-16/h1-9,12-13,15H,10-11,14H2,(H,22,23). The lowest BCUT2D eigenvalue weighted by Gasteiger charge is -2.16. The molecule has 4 rings (SSSR count). The molecule has 0 radical (unpaired) electrons. The van der Waals surface area contributed by atoms with Gasteiger partial charge in [0.25, 0.3) is 0 Å². The number of carbonyl (C=O) groups is 1. The summed E-state index contributed by atoms with van der Waals surface area (Å²) < 4.78 is 5.97. The van der Waals surface area contributed by atoms with Crippen LogP contribution >= 0.6 is 0 Å². The summed E-state index contributed by atoms with van der Waals surface area (Å²) in [5.74, 6) is 0.833. The minimum Gasteiger partial charge on any atom is -0.489 e. The Labute approximate surface area is 141 Å². The van der Waals surface area contributed by atoms with Crippen LogP contribution in [0, 0.1) is 0 Å². The van der Waals surface area contributed by atoms with Gasteiger partial charge in [-0.3, -0.25) is 4.79 Å². The molecule has 0 aromatic heterocycles. The second-order valence-corrected chi connectivity index (χ2v) is 6.34. The van der Waals surface area contributed by atoms with Gasteiger partial charge in [-0.2, -0.15) is 0 Å². The van der Waals surface area contributed by atoms with Crippen LogP contribution in [-0.4, -0.2) is 6.41 Å². The Morgan fingerprint density at radius 3 is 2.58 bits per heavy atom. The van der Waals surface area contributed by atoms with Gasteiger partial charge in [0.2, 0.25) is 6.41 Å². The fourth-order valence-corrected chi connectivity index (χ4v) is 3.13. The van der Waals surface area contributed by atoms with Gasteiger partial charge in [-0.15, -0.1) is 0 Å². The van der Waals surface area contributed by atoms with Crippen LogP contribution < -0.4 is 10.1 Å². The van der Waals surface area contributed by atoms with Gasteiger partial charge in [-0.05, 0) is 52.9 Å². The number of hydrogen-bond donors (Lipinski definition) is 1. The summed E-state index contributed by atoms with van der Waals surface area (Å²) >= 11 is 0. The van der Waals surface area contributed by atoms with Gasteiger partial charge in [0, 0.05) is 0 Å². The van der Waals surface area contributed by atoms with Crippen molar-refractivity contribution in [2.24, 2.45) is 0 Å². The number of nitrogens with one attached hydrogen (secondary N) is 1. The Morgan fingerprint density at radius 1 is 0.958 bits per heavy atom. The van der Waals surface area contributed by atoms with Crippen molar-refractivity contribution >= 4 is 17.2 Å². The number of hydrogen-bond acceptors (Lipinski definition) is 2. The topological polar surface area (TPSA) is 38.3 Å². The summed E-state index contributed by atoms with van der Waals surface area (Å²) in [6, 6.07) is 22.7. The van der Waals surface area contributed by atoms with Crippen molar-refractivity contribution in [1.29, 1.82) is 0 Å². The molecule has 1 aliphatic carbocycles. The summed E-state index contributed by atoms with van der Waals surface area (Å²) in [7, 11) is 0. The monoisotopic (exact) mass is 317 g/mol. The van der Waals surface area contributed by atoms with Gasteiger partial charge in [-0.1, -0.05) is 48.5 Å². The highest BCUT2D eigenvalue weighted by atomic mass is 16.5. The van der Waals surface area contributed by atoms with E-state index < -0.39 is 0 Å². The van der Waals surface area contributed by atoms with Crippen LogP contribution in [0.5, 0.6) is 5.75 Å². The van der Waals surface area contributed by atoms with Crippen molar-refractivity contribution < 1.29 is 9.53 Å². The molecular formula is C21H19NO2. The number of rotatable bonds is 6. The van der Waals surface area contributed by atoms with Crippen molar-refractivity contribution in [1.82, 2.24) is 5.32 Å². The smallest absolute Gasteiger partial charge is 0.207 e. The Bertz CT molecular complexity index is 884. The third kappa shape index (κ3) is 2.85. The Hall–Kier alpha value is -2.81. The minimum absolute atomic E-state index is 0.177. The van der Waals surface area contributed by atoms with E-state index in [0.29, 0.717) is 6.61 Å². The lowest BCUT2D eigenvalue weighted by molar-refractivity contribution is -0.110. The first-order valence-electron chi connectivity index (χ1n) is 8.21. The average Bonchev–Trinajstić information content (AvgIpc) is 3.41. The molecule has 0 bridgehead atoms. The highest BCUT2D eigenvalue weighted by Gasteiger charge is 2.44. The van der Waals surface area contributed by atoms with Crippen LogP contribution in [0.1, 0.15) is 24.0 Å². The summed E-state index contributed by atoms with van der Waals surface area (Å²) in [4.78, 5) is 10.8. The zero-order valence-electron chi connectivity index (χ0n) is 13.4. The highest BCUT2D eigenvalue weighted by Crippen LogP contribution is 2.45. The van der Waals surface area contributed by atoms with E-state index in [4.69, 9.17) is 4.74 Å². The fraction of sp³-hybridized carbons (Fsp3) is 0.190. The van der Waals surface area contributed by atoms with Crippen LogP contribution in [0.15, 0.2) is 66.7 Å². The first-order valence-corrected chi connectivity index (χ1v) is 8.21. The summed E-state index contributed by atoms with van der Waals surface area (Å²) in [6.07, 6.45) is 2.76. The summed E-state index contributed by atoms with van der Waals surface area (Å²) in [5, 5.41) is 5.39. The number of amides is 1. The minimum atomic E-state index is -0.177. The van der Waals surface area contributed by atoms with Crippen molar-refractivity contribution in [3.8, 4) is 5.75 Å². The maximum atomic E-state index is 10.8. The van der Waals surface area contributed by atoms with Gasteiger partial charge in [-0.25, -0.2) is 0 Å². The van der Waals surface area contributed by atoms with E-state index in [-0.39, 0.29) is 5.54 Å². The Morgan fingerprint density at radius 2 is 1.79 bits per heavy atom. The largest absolute Gasteiger partial charge is 0.489 e. The van der Waals surface area contributed by atoms with Crippen LogP contribution in [0.2, 0.25) is 0 Å². The van der Waals surface area contributed by atoms with E-state index in [2.05, 4.69) is 35.6 Å². The van der Waals surface area contributed by atoms with Crippen molar-refractivity contribution in [2.45, 2.75) is 25.0 Å². The number of fused-ring (bicyclic) bond motifs is 1. The quantitative estimate of drug-likeness (QED) is 0.694. The molecular weight excluding hydrogens is 298 g/mol. The summed E-state index contributed by atoms with van der Waals surface area (Å²) in [6.45, 7) is 0.530. The van der Waals surface area contributed by atoms with Gasteiger partial charge >= 0.3 is 0 Å². The lowest BCUT2D eigenvalue weighted by Crippen LogP contribution is -2.27. The Balaban J connectivity index is 1.50. The molecule has 0 heterocycles. The fourth-order valence-electron chi connectivity index (χ4n) is 3.13. The number of ether oxygens (including phenoxy) is 1. The molecule has 0 spiro atoms. The number of benzene rings is 3. The molecule has 3 nitrogen and oxygen atoms in total. The summed E-state index contributed by atoms with van der Waals surface area (Å²) in [5.41, 5.74) is 2.08. The first kappa shape index (κ1) is 14.8. The molecule has 3 heteroatoms. The predicted molar refractivity (Wildman–Crippen MR) is 94.8 cm³/mol. The SMILES string of the molecule is O=CNC1(c2cccc(OCc3ccc4ccccc4c3)c2)CC1. The molecule has 3 aromatic carbocycles. The lowest BCUT2D eigenvalue weighted by atomic mass is 10.0. The van der Waals surface area contributed by atoms with E-state index in [0.717, 1.165) is 36.1 Å². The molecule has 0 atom stereocenters. The second kappa shape index (κ2) is 6.00.